The molecule has 0 spiro atoms. The zero-order valence-corrected chi connectivity index (χ0v) is 25.3. The second-order valence-corrected chi connectivity index (χ2v) is 11.4. The van der Waals surface area contributed by atoms with Crippen molar-refractivity contribution in [3.8, 4) is 11.1 Å². The molecule has 0 N–H and O–H groups in total. The molecule has 0 saturated carbocycles. The van der Waals surface area contributed by atoms with Crippen LogP contribution in [0.1, 0.15) is 48.1 Å². The van der Waals surface area contributed by atoms with E-state index in [0.717, 1.165) is 31.5 Å². The van der Waals surface area contributed by atoms with Crippen molar-refractivity contribution in [2.45, 2.75) is 51.4 Å². The average molecular weight is 567 g/mol. The van der Waals surface area contributed by atoms with Gasteiger partial charge in [0.15, 0.2) is 0 Å². The Balaban J connectivity index is 1.38. The molecule has 0 bridgehead atoms. The molecule has 2 atom stereocenters. The normalized spacial score (nSPS) is 12.5. The largest absolute Gasteiger partial charge is 0.339 e. The van der Waals surface area contributed by atoms with Crippen LogP contribution in [0.2, 0.25) is 0 Å². The number of rotatable bonds is 13. The van der Waals surface area contributed by atoms with Crippen LogP contribution in [-0.4, -0.2) is 28.8 Å². The van der Waals surface area contributed by atoms with E-state index in [1.54, 1.807) is 0 Å². The zero-order chi connectivity index (χ0) is 29.9. The van der Waals surface area contributed by atoms with Gasteiger partial charge in [-0.2, -0.15) is 0 Å². The molecule has 0 fully saturated rings. The maximum Gasteiger partial charge on any atom is 0.222 e. The Morgan fingerprint density at radius 1 is 0.581 bits per heavy atom. The van der Waals surface area contributed by atoms with E-state index < -0.39 is 0 Å². The van der Waals surface area contributed by atoms with E-state index in [-0.39, 0.29) is 18.0 Å². The summed E-state index contributed by atoms with van der Waals surface area (Å²) in [6.07, 6.45) is 2.16. The highest BCUT2D eigenvalue weighted by molar-refractivity contribution is 5.76. The Morgan fingerprint density at radius 3 is 1.58 bits per heavy atom. The topological polar surface area (TPSA) is 23.6 Å². The molecule has 3 nitrogen and oxygen atoms in total. The minimum atomic E-state index is 0.0300. The van der Waals surface area contributed by atoms with E-state index in [1.165, 1.54) is 27.8 Å². The highest BCUT2D eigenvalue weighted by Gasteiger charge is 2.24. The van der Waals surface area contributed by atoms with Gasteiger partial charge >= 0.3 is 0 Å². The van der Waals surface area contributed by atoms with Crippen LogP contribution in [0.4, 0.5) is 0 Å². The Labute approximate surface area is 257 Å². The molecule has 5 rings (SSSR count). The summed E-state index contributed by atoms with van der Waals surface area (Å²) in [6, 6.07) is 51.3. The summed E-state index contributed by atoms with van der Waals surface area (Å²) < 4.78 is 0. The van der Waals surface area contributed by atoms with Crippen molar-refractivity contribution in [1.29, 1.82) is 0 Å². The molecule has 0 saturated heterocycles. The zero-order valence-electron chi connectivity index (χ0n) is 25.3. The van der Waals surface area contributed by atoms with Gasteiger partial charge in [-0.3, -0.25) is 9.69 Å². The fourth-order valence-electron chi connectivity index (χ4n) is 5.74. The second kappa shape index (κ2) is 15.1. The monoisotopic (exact) mass is 566 g/mol. The van der Waals surface area contributed by atoms with Crippen LogP contribution in [0.5, 0.6) is 0 Å². The summed E-state index contributed by atoms with van der Waals surface area (Å²) in [5, 5.41) is 0. The van der Waals surface area contributed by atoms with Crippen molar-refractivity contribution < 1.29 is 4.79 Å². The number of hydrogen-bond donors (Lipinski definition) is 0. The predicted octanol–water partition coefficient (Wildman–Crippen LogP) is 8.97. The highest BCUT2D eigenvalue weighted by Crippen LogP contribution is 2.25. The van der Waals surface area contributed by atoms with Crippen molar-refractivity contribution in [3.63, 3.8) is 0 Å². The number of amides is 1. The van der Waals surface area contributed by atoms with Gasteiger partial charge in [0.25, 0.3) is 0 Å². The summed E-state index contributed by atoms with van der Waals surface area (Å²) in [5.41, 5.74) is 7.45. The van der Waals surface area contributed by atoms with E-state index in [2.05, 4.69) is 139 Å². The molecule has 0 aromatic heterocycles. The van der Waals surface area contributed by atoms with Crippen molar-refractivity contribution in [1.82, 2.24) is 9.80 Å². The van der Waals surface area contributed by atoms with Crippen LogP contribution in [0.3, 0.4) is 0 Å². The van der Waals surface area contributed by atoms with E-state index in [9.17, 15) is 4.79 Å². The van der Waals surface area contributed by atoms with Crippen LogP contribution >= 0.6 is 0 Å². The maximum absolute atomic E-state index is 13.6. The quantitative estimate of drug-likeness (QED) is 0.142. The third-order valence-corrected chi connectivity index (χ3v) is 8.45. The van der Waals surface area contributed by atoms with Gasteiger partial charge in [0.05, 0.1) is 6.04 Å². The molecule has 0 aliphatic carbocycles. The van der Waals surface area contributed by atoms with Crippen LogP contribution in [0.25, 0.3) is 11.1 Å². The number of hydrogen-bond acceptors (Lipinski definition) is 2. The SMILES string of the molecule is C[C@@H](c1ccccc1)N(C)C(=O)CCC(Cc1ccc(-c2ccccc2)cc1)N(Cc1ccccc1)Cc1ccccc1. The molecule has 218 valence electrons. The van der Waals surface area contributed by atoms with Crippen molar-refractivity contribution in [2.24, 2.45) is 0 Å². The van der Waals surface area contributed by atoms with Gasteiger partial charge in [-0.05, 0) is 53.1 Å². The minimum absolute atomic E-state index is 0.0300. The van der Waals surface area contributed by atoms with E-state index in [4.69, 9.17) is 0 Å². The van der Waals surface area contributed by atoms with E-state index in [0.29, 0.717) is 6.42 Å². The van der Waals surface area contributed by atoms with Gasteiger partial charge in [0.2, 0.25) is 5.91 Å². The van der Waals surface area contributed by atoms with Crippen LogP contribution in [0.15, 0.2) is 146 Å². The second-order valence-electron chi connectivity index (χ2n) is 11.4. The first-order valence-corrected chi connectivity index (χ1v) is 15.3. The first-order chi connectivity index (χ1) is 21.1. The van der Waals surface area contributed by atoms with Crippen LogP contribution in [0, 0.1) is 0 Å². The Kier molecular flexibility index (Phi) is 10.6. The van der Waals surface area contributed by atoms with Crippen molar-refractivity contribution >= 4 is 5.91 Å². The van der Waals surface area contributed by atoms with Crippen LogP contribution < -0.4 is 0 Å². The van der Waals surface area contributed by atoms with Gasteiger partial charge in [0.1, 0.15) is 0 Å². The molecule has 1 amide bonds. The fraction of sp³-hybridized carbons (Fsp3) is 0.225. The Morgan fingerprint density at radius 2 is 1.05 bits per heavy atom. The number of carbonyl (C=O) groups excluding carboxylic acids is 1. The number of nitrogens with zero attached hydrogens (tertiary/aromatic N) is 2. The third kappa shape index (κ3) is 8.53. The molecule has 0 aliphatic rings. The molecule has 3 heteroatoms. The Hall–Kier alpha value is -4.47. The smallest absolute Gasteiger partial charge is 0.222 e. The summed E-state index contributed by atoms with van der Waals surface area (Å²) >= 11 is 0. The third-order valence-electron chi connectivity index (χ3n) is 8.45. The van der Waals surface area contributed by atoms with E-state index >= 15 is 0 Å². The fourth-order valence-corrected chi connectivity index (χ4v) is 5.74. The molecule has 5 aromatic rings. The van der Waals surface area contributed by atoms with Gasteiger partial charge in [-0.1, -0.05) is 146 Å². The molecule has 43 heavy (non-hydrogen) atoms. The van der Waals surface area contributed by atoms with Gasteiger partial charge in [-0.25, -0.2) is 0 Å². The molecule has 1 unspecified atom stereocenters. The maximum atomic E-state index is 13.6. The molecular formula is C40H42N2O. The summed E-state index contributed by atoms with van der Waals surface area (Å²) in [5.74, 6) is 0.181. The molecular weight excluding hydrogens is 524 g/mol. The highest BCUT2D eigenvalue weighted by atomic mass is 16.2. The summed E-state index contributed by atoms with van der Waals surface area (Å²) in [6.45, 7) is 3.76. The minimum Gasteiger partial charge on any atom is -0.339 e. The predicted molar refractivity (Wildman–Crippen MR) is 178 cm³/mol. The van der Waals surface area contributed by atoms with Gasteiger partial charge < -0.3 is 4.90 Å². The van der Waals surface area contributed by atoms with Gasteiger partial charge in [0, 0.05) is 32.6 Å². The molecule has 5 aromatic carbocycles. The summed E-state index contributed by atoms with van der Waals surface area (Å²) in [7, 11) is 1.93. The van der Waals surface area contributed by atoms with Gasteiger partial charge in [-0.15, -0.1) is 0 Å². The van der Waals surface area contributed by atoms with Crippen LogP contribution in [-0.2, 0) is 24.3 Å². The van der Waals surface area contributed by atoms with Crippen molar-refractivity contribution in [3.05, 3.63) is 168 Å². The number of carbonyl (C=O) groups is 1. The molecule has 0 heterocycles. The Bertz CT molecular complexity index is 1480. The number of benzene rings is 5. The first-order valence-electron chi connectivity index (χ1n) is 15.3. The lowest BCUT2D eigenvalue weighted by Gasteiger charge is -2.33. The average Bonchev–Trinajstić information content (AvgIpc) is 3.07. The lowest BCUT2D eigenvalue weighted by molar-refractivity contribution is -0.132. The van der Waals surface area contributed by atoms with E-state index in [1.807, 2.05) is 30.1 Å². The lowest BCUT2D eigenvalue weighted by atomic mass is 9.96. The molecule has 0 radical (unpaired) electrons. The van der Waals surface area contributed by atoms with Crippen molar-refractivity contribution in [2.75, 3.05) is 7.05 Å². The lowest BCUT2D eigenvalue weighted by Crippen LogP contribution is -2.38. The summed E-state index contributed by atoms with van der Waals surface area (Å²) in [4.78, 5) is 18.0. The first kappa shape index (κ1) is 30.0. The standard InChI is InChI=1S/C40H42N2O/c1-32(36-19-11-5-12-20-36)41(2)40(43)28-27-39(29-33-23-25-38(26-24-33)37-21-13-6-14-22-37)42(30-34-15-7-3-8-16-34)31-35-17-9-4-10-18-35/h3-26,32,39H,27-31H2,1-2H3/t32-,39?/m0/s1. The molecule has 0 aliphatic heterocycles.